The molecule has 0 bridgehead atoms. The Morgan fingerprint density at radius 2 is 1.88 bits per heavy atom. The molecule has 2 aliphatic rings. The Balaban J connectivity index is 1.68. The summed E-state index contributed by atoms with van der Waals surface area (Å²) in [5.41, 5.74) is 1.13. The Kier molecular flexibility index (Phi) is 6.65. The van der Waals surface area contributed by atoms with Crippen LogP contribution in [0.3, 0.4) is 0 Å². The molecule has 2 saturated heterocycles. The van der Waals surface area contributed by atoms with Gasteiger partial charge in [0.15, 0.2) is 0 Å². The maximum Gasteiger partial charge on any atom is 0.225 e. The second kappa shape index (κ2) is 8.96. The van der Waals surface area contributed by atoms with Gasteiger partial charge in [0, 0.05) is 51.4 Å². The van der Waals surface area contributed by atoms with Crippen LogP contribution in [0.2, 0.25) is 0 Å². The Bertz CT molecular complexity index is 584. The van der Waals surface area contributed by atoms with Crippen LogP contribution >= 0.6 is 0 Å². The molecule has 0 aliphatic carbocycles. The maximum absolute atomic E-state index is 13.2. The predicted molar refractivity (Wildman–Crippen MR) is 100 cm³/mol. The third kappa shape index (κ3) is 4.83. The molecule has 0 radical (unpaired) electrons. The van der Waals surface area contributed by atoms with Gasteiger partial charge in [0.25, 0.3) is 0 Å². The average molecular weight is 362 g/mol. The maximum atomic E-state index is 13.2. The molecule has 3 rings (SSSR count). The van der Waals surface area contributed by atoms with Gasteiger partial charge in [0.2, 0.25) is 5.91 Å². The van der Waals surface area contributed by atoms with E-state index in [-0.39, 0.29) is 11.7 Å². The SMILES string of the molecule is CC(C)C1CN(C(=O)C2CCOCC2)CCCN1Cc1ccc(F)cc1. The van der Waals surface area contributed by atoms with E-state index in [0.29, 0.717) is 31.1 Å². The number of rotatable bonds is 4. The summed E-state index contributed by atoms with van der Waals surface area (Å²) in [6.07, 6.45) is 2.68. The second-order valence-corrected chi connectivity index (χ2v) is 7.93. The molecular formula is C21H31FN2O2. The first-order valence-electron chi connectivity index (χ1n) is 9.89. The summed E-state index contributed by atoms with van der Waals surface area (Å²) in [6.45, 7) is 9.26. The predicted octanol–water partition coefficient (Wildman–Crippen LogP) is 3.31. The highest BCUT2D eigenvalue weighted by Gasteiger charge is 2.32. The molecule has 5 heteroatoms. The molecule has 1 unspecified atom stereocenters. The van der Waals surface area contributed by atoms with Crippen LogP contribution in [0.1, 0.15) is 38.7 Å². The number of nitrogens with zero attached hydrogens (tertiary/aromatic N) is 2. The van der Waals surface area contributed by atoms with Crippen molar-refractivity contribution in [1.29, 1.82) is 0 Å². The first kappa shape index (κ1) is 19.3. The number of benzene rings is 1. The summed E-state index contributed by atoms with van der Waals surface area (Å²) < 4.78 is 18.6. The van der Waals surface area contributed by atoms with Crippen molar-refractivity contribution in [2.75, 3.05) is 32.8 Å². The lowest BCUT2D eigenvalue weighted by Crippen LogP contribution is -2.47. The third-order valence-electron chi connectivity index (χ3n) is 5.70. The summed E-state index contributed by atoms with van der Waals surface area (Å²) in [6, 6.07) is 7.11. The zero-order valence-corrected chi connectivity index (χ0v) is 16.0. The fourth-order valence-corrected chi connectivity index (χ4v) is 4.12. The number of carbonyl (C=O) groups is 1. The van der Waals surface area contributed by atoms with Crippen molar-refractivity contribution in [3.05, 3.63) is 35.6 Å². The lowest BCUT2D eigenvalue weighted by atomic mass is 9.97. The number of hydrogen-bond donors (Lipinski definition) is 0. The fraction of sp³-hybridized carbons (Fsp3) is 0.667. The Morgan fingerprint density at radius 3 is 2.54 bits per heavy atom. The molecule has 1 aromatic rings. The van der Waals surface area contributed by atoms with Gasteiger partial charge in [-0.25, -0.2) is 4.39 Å². The molecule has 1 aromatic carbocycles. The van der Waals surface area contributed by atoms with Gasteiger partial charge in [-0.3, -0.25) is 9.69 Å². The lowest BCUT2D eigenvalue weighted by Gasteiger charge is -2.36. The molecule has 1 atom stereocenters. The van der Waals surface area contributed by atoms with Gasteiger partial charge in [-0.1, -0.05) is 26.0 Å². The molecule has 4 nitrogen and oxygen atoms in total. The Hall–Kier alpha value is -1.46. The van der Waals surface area contributed by atoms with Gasteiger partial charge in [0.1, 0.15) is 5.82 Å². The minimum atomic E-state index is -0.196. The lowest BCUT2D eigenvalue weighted by molar-refractivity contribution is -0.139. The second-order valence-electron chi connectivity index (χ2n) is 7.93. The van der Waals surface area contributed by atoms with Gasteiger partial charge >= 0.3 is 0 Å². The number of hydrogen-bond acceptors (Lipinski definition) is 3. The van der Waals surface area contributed by atoms with Crippen molar-refractivity contribution in [3.63, 3.8) is 0 Å². The molecule has 144 valence electrons. The highest BCUT2D eigenvalue weighted by atomic mass is 19.1. The molecule has 1 amide bonds. The molecule has 2 fully saturated rings. The zero-order chi connectivity index (χ0) is 18.5. The van der Waals surface area contributed by atoms with Crippen LogP contribution in [-0.2, 0) is 16.1 Å². The minimum absolute atomic E-state index is 0.125. The minimum Gasteiger partial charge on any atom is -0.381 e. The molecular weight excluding hydrogens is 331 g/mol. The van der Waals surface area contributed by atoms with Gasteiger partial charge in [0.05, 0.1) is 0 Å². The van der Waals surface area contributed by atoms with E-state index >= 15 is 0 Å². The van der Waals surface area contributed by atoms with E-state index in [4.69, 9.17) is 4.74 Å². The van der Waals surface area contributed by atoms with E-state index in [1.165, 1.54) is 12.1 Å². The molecule has 26 heavy (non-hydrogen) atoms. The van der Waals surface area contributed by atoms with Crippen molar-refractivity contribution in [2.24, 2.45) is 11.8 Å². The van der Waals surface area contributed by atoms with Gasteiger partial charge in [-0.2, -0.15) is 0 Å². The van der Waals surface area contributed by atoms with Crippen molar-refractivity contribution < 1.29 is 13.9 Å². The number of carbonyl (C=O) groups excluding carboxylic acids is 1. The topological polar surface area (TPSA) is 32.8 Å². The smallest absolute Gasteiger partial charge is 0.225 e. The normalized spacial score (nSPS) is 23.2. The summed E-state index contributed by atoms with van der Waals surface area (Å²) >= 11 is 0. The first-order chi connectivity index (χ1) is 12.5. The number of ether oxygens (including phenoxy) is 1. The Morgan fingerprint density at radius 1 is 1.19 bits per heavy atom. The highest BCUT2D eigenvalue weighted by Crippen LogP contribution is 2.24. The fourth-order valence-electron chi connectivity index (χ4n) is 4.12. The third-order valence-corrected chi connectivity index (χ3v) is 5.70. The Labute approximate surface area is 156 Å². The van der Waals surface area contributed by atoms with E-state index in [0.717, 1.165) is 51.0 Å². The van der Waals surface area contributed by atoms with Crippen molar-refractivity contribution in [3.8, 4) is 0 Å². The van der Waals surface area contributed by atoms with Gasteiger partial charge < -0.3 is 9.64 Å². The average Bonchev–Trinajstić information content (AvgIpc) is 2.86. The van der Waals surface area contributed by atoms with E-state index in [1.807, 2.05) is 12.1 Å². The van der Waals surface area contributed by atoms with Crippen LogP contribution in [0.4, 0.5) is 4.39 Å². The van der Waals surface area contributed by atoms with E-state index in [2.05, 4.69) is 23.6 Å². The summed E-state index contributed by atoms with van der Waals surface area (Å²) in [5.74, 6) is 0.694. The zero-order valence-electron chi connectivity index (χ0n) is 16.0. The van der Waals surface area contributed by atoms with Crippen LogP contribution < -0.4 is 0 Å². The van der Waals surface area contributed by atoms with Crippen molar-refractivity contribution in [2.45, 2.75) is 45.7 Å². The molecule has 0 spiro atoms. The van der Waals surface area contributed by atoms with Crippen molar-refractivity contribution >= 4 is 5.91 Å². The van der Waals surface area contributed by atoms with E-state index in [1.54, 1.807) is 0 Å². The van der Waals surface area contributed by atoms with Crippen LogP contribution in [-0.4, -0.2) is 54.6 Å². The van der Waals surface area contributed by atoms with Crippen molar-refractivity contribution in [1.82, 2.24) is 9.80 Å². The molecule has 0 N–H and O–H groups in total. The standard InChI is InChI=1S/C21H31FN2O2/c1-16(2)20-15-24(21(25)18-8-12-26-13-9-18)11-3-10-23(20)14-17-4-6-19(22)7-5-17/h4-7,16,18,20H,3,8-15H2,1-2H3. The van der Waals surface area contributed by atoms with Crippen LogP contribution in [0, 0.1) is 17.7 Å². The summed E-state index contributed by atoms with van der Waals surface area (Å²) in [4.78, 5) is 17.5. The van der Waals surface area contributed by atoms with Crippen LogP contribution in [0.5, 0.6) is 0 Å². The monoisotopic (exact) mass is 362 g/mol. The number of amides is 1. The van der Waals surface area contributed by atoms with Crippen LogP contribution in [0.15, 0.2) is 24.3 Å². The van der Waals surface area contributed by atoms with Gasteiger partial charge in [-0.15, -0.1) is 0 Å². The molecule has 0 aromatic heterocycles. The highest BCUT2D eigenvalue weighted by molar-refractivity contribution is 5.79. The number of halogens is 1. The first-order valence-corrected chi connectivity index (χ1v) is 9.89. The van der Waals surface area contributed by atoms with E-state index < -0.39 is 0 Å². The quantitative estimate of drug-likeness (QED) is 0.824. The molecule has 2 heterocycles. The van der Waals surface area contributed by atoms with Crippen LogP contribution in [0.25, 0.3) is 0 Å². The molecule has 2 aliphatic heterocycles. The molecule has 0 saturated carbocycles. The summed E-state index contributed by atoms with van der Waals surface area (Å²) in [7, 11) is 0. The largest absolute Gasteiger partial charge is 0.381 e. The van der Waals surface area contributed by atoms with E-state index in [9.17, 15) is 9.18 Å². The summed E-state index contributed by atoms with van der Waals surface area (Å²) in [5, 5.41) is 0. The van der Waals surface area contributed by atoms with Gasteiger partial charge in [-0.05, 0) is 42.9 Å².